The largest absolute Gasteiger partial charge is 0.350 e. The summed E-state index contributed by atoms with van der Waals surface area (Å²) in [5.74, 6) is 0.0950. The van der Waals surface area contributed by atoms with Crippen LogP contribution in [0.5, 0.6) is 0 Å². The van der Waals surface area contributed by atoms with Crippen LogP contribution in [0.1, 0.15) is 25.6 Å². The van der Waals surface area contributed by atoms with Crippen LogP contribution < -0.4 is 5.32 Å². The van der Waals surface area contributed by atoms with Crippen LogP contribution in [0.4, 0.5) is 0 Å². The molecule has 0 spiro atoms. The molecule has 1 aliphatic rings. The van der Waals surface area contributed by atoms with Crippen LogP contribution in [-0.2, 0) is 0 Å². The fourth-order valence-corrected chi connectivity index (χ4v) is 3.60. The first-order chi connectivity index (χ1) is 12.1. The molecule has 1 aromatic heterocycles. The predicted octanol–water partition coefficient (Wildman–Crippen LogP) is 2.24. The highest BCUT2D eigenvalue weighted by Crippen LogP contribution is 2.11. The maximum absolute atomic E-state index is 12.5. The summed E-state index contributed by atoms with van der Waals surface area (Å²) in [6.45, 7) is 6.57. The topological polar surface area (TPSA) is 52.7 Å². The highest BCUT2D eigenvalue weighted by molar-refractivity contribution is 7.12. The average Bonchev–Trinajstić information content (AvgIpc) is 3.16. The highest BCUT2D eigenvalue weighted by Gasteiger charge is 2.22. The van der Waals surface area contributed by atoms with E-state index in [1.807, 2.05) is 53.6 Å². The molecule has 0 aliphatic carbocycles. The standard InChI is InChI=1S/C19H23N3O2S/c1-15-4-2-5-16(14-15)19(24)22-11-9-21(10-12-22)8-7-20-18(23)17-6-3-13-25-17/h2-6,13-14H,7-12H2,1H3,(H,20,23). The molecule has 1 fully saturated rings. The fraction of sp³-hybridized carbons (Fsp3) is 0.368. The monoisotopic (exact) mass is 357 g/mol. The first kappa shape index (κ1) is 17.6. The molecule has 1 aromatic carbocycles. The summed E-state index contributed by atoms with van der Waals surface area (Å²) in [6.07, 6.45) is 0. The Labute approximate surface area is 152 Å². The van der Waals surface area contributed by atoms with Gasteiger partial charge in [0.2, 0.25) is 0 Å². The summed E-state index contributed by atoms with van der Waals surface area (Å²) in [5, 5.41) is 4.85. The van der Waals surface area contributed by atoms with E-state index < -0.39 is 0 Å². The van der Waals surface area contributed by atoms with Gasteiger partial charge in [0.25, 0.3) is 11.8 Å². The molecule has 25 heavy (non-hydrogen) atoms. The molecule has 0 atom stereocenters. The number of aryl methyl sites for hydroxylation is 1. The summed E-state index contributed by atoms with van der Waals surface area (Å²) in [4.78, 5) is 29.4. The van der Waals surface area contributed by atoms with Gasteiger partial charge in [-0.05, 0) is 30.5 Å². The van der Waals surface area contributed by atoms with E-state index in [1.54, 1.807) is 0 Å². The zero-order valence-electron chi connectivity index (χ0n) is 14.4. The molecule has 1 aliphatic heterocycles. The number of rotatable bonds is 5. The molecule has 2 amide bonds. The van der Waals surface area contributed by atoms with Gasteiger partial charge in [0.1, 0.15) is 0 Å². The summed E-state index contributed by atoms with van der Waals surface area (Å²) in [7, 11) is 0. The molecule has 0 bridgehead atoms. The van der Waals surface area contributed by atoms with Gasteiger partial charge < -0.3 is 10.2 Å². The molecule has 1 N–H and O–H groups in total. The summed E-state index contributed by atoms with van der Waals surface area (Å²) in [6, 6.07) is 11.4. The first-order valence-electron chi connectivity index (χ1n) is 8.53. The average molecular weight is 357 g/mol. The molecule has 2 aromatic rings. The van der Waals surface area contributed by atoms with Crippen molar-refractivity contribution >= 4 is 23.2 Å². The molecule has 6 heteroatoms. The zero-order chi connectivity index (χ0) is 17.6. The summed E-state index contributed by atoms with van der Waals surface area (Å²) >= 11 is 1.45. The molecular weight excluding hydrogens is 334 g/mol. The lowest BCUT2D eigenvalue weighted by Gasteiger charge is -2.34. The van der Waals surface area contributed by atoms with E-state index in [1.165, 1.54) is 11.3 Å². The number of piperazine rings is 1. The third kappa shape index (κ3) is 4.67. The second-order valence-electron chi connectivity index (χ2n) is 6.24. The van der Waals surface area contributed by atoms with Crippen molar-refractivity contribution in [2.75, 3.05) is 39.3 Å². The molecule has 5 nitrogen and oxygen atoms in total. The minimum Gasteiger partial charge on any atom is -0.350 e. The van der Waals surface area contributed by atoms with Crippen molar-refractivity contribution < 1.29 is 9.59 Å². The number of amides is 2. The van der Waals surface area contributed by atoms with Gasteiger partial charge in [0, 0.05) is 44.8 Å². The Kier molecular flexibility index (Phi) is 5.83. The summed E-state index contributed by atoms with van der Waals surface area (Å²) < 4.78 is 0. The third-order valence-corrected chi connectivity index (χ3v) is 5.25. The number of benzene rings is 1. The fourth-order valence-electron chi connectivity index (χ4n) is 2.96. The molecule has 2 heterocycles. The lowest BCUT2D eigenvalue weighted by atomic mass is 10.1. The molecule has 0 saturated carbocycles. The van der Waals surface area contributed by atoms with Gasteiger partial charge in [-0.2, -0.15) is 0 Å². The van der Waals surface area contributed by atoms with E-state index in [0.717, 1.165) is 48.7 Å². The number of nitrogens with one attached hydrogen (secondary N) is 1. The Morgan fingerprint density at radius 2 is 1.92 bits per heavy atom. The Morgan fingerprint density at radius 1 is 1.12 bits per heavy atom. The normalized spacial score (nSPS) is 15.2. The van der Waals surface area contributed by atoms with Crippen molar-refractivity contribution in [2.24, 2.45) is 0 Å². The third-order valence-electron chi connectivity index (χ3n) is 4.38. The van der Waals surface area contributed by atoms with Crippen molar-refractivity contribution in [1.82, 2.24) is 15.1 Å². The van der Waals surface area contributed by atoms with Crippen molar-refractivity contribution in [3.63, 3.8) is 0 Å². The second kappa shape index (κ2) is 8.27. The lowest BCUT2D eigenvalue weighted by molar-refractivity contribution is 0.0638. The first-order valence-corrected chi connectivity index (χ1v) is 9.41. The number of hydrogen-bond donors (Lipinski definition) is 1. The van der Waals surface area contributed by atoms with Crippen molar-refractivity contribution in [1.29, 1.82) is 0 Å². The van der Waals surface area contributed by atoms with Gasteiger partial charge in [-0.3, -0.25) is 14.5 Å². The number of carbonyl (C=O) groups excluding carboxylic acids is 2. The van der Waals surface area contributed by atoms with E-state index in [2.05, 4.69) is 10.2 Å². The smallest absolute Gasteiger partial charge is 0.261 e. The van der Waals surface area contributed by atoms with Crippen LogP contribution in [0.15, 0.2) is 41.8 Å². The van der Waals surface area contributed by atoms with Crippen LogP contribution in [-0.4, -0.2) is 60.9 Å². The van der Waals surface area contributed by atoms with E-state index in [-0.39, 0.29) is 11.8 Å². The van der Waals surface area contributed by atoms with Gasteiger partial charge in [-0.15, -0.1) is 11.3 Å². The Hall–Kier alpha value is -2.18. The molecule has 1 saturated heterocycles. The number of nitrogens with zero attached hydrogens (tertiary/aromatic N) is 2. The van der Waals surface area contributed by atoms with Gasteiger partial charge in [0.05, 0.1) is 4.88 Å². The van der Waals surface area contributed by atoms with Crippen LogP contribution in [0.3, 0.4) is 0 Å². The SMILES string of the molecule is Cc1cccc(C(=O)N2CCN(CCNC(=O)c3cccs3)CC2)c1. The summed E-state index contributed by atoms with van der Waals surface area (Å²) in [5.41, 5.74) is 1.86. The molecule has 132 valence electrons. The van der Waals surface area contributed by atoms with Gasteiger partial charge in [-0.1, -0.05) is 23.8 Å². The minimum absolute atomic E-state index is 0.0109. The van der Waals surface area contributed by atoms with Crippen molar-refractivity contribution in [2.45, 2.75) is 6.92 Å². The maximum Gasteiger partial charge on any atom is 0.261 e. The Balaban J connectivity index is 1.41. The van der Waals surface area contributed by atoms with Crippen LogP contribution >= 0.6 is 11.3 Å². The zero-order valence-corrected chi connectivity index (χ0v) is 15.2. The van der Waals surface area contributed by atoms with Crippen molar-refractivity contribution in [3.05, 3.63) is 57.8 Å². The minimum atomic E-state index is -0.0109. The quantitative estimate of drug-likeness (QED) is 0.893. The Morgan fingerprint density at radius 3 is 2.60 bits per heavy atom. The lowest BCUT2D eigenvalue weighted by Crippen LogP contribution is -2.50. The molecule has 3 rings (SSSR count). The number of hydrogen-bond acceptors (Lipinski definition) is 4. The molecular formula is C19H23N3O2S. The van der Waals surface area contributed by atoms with E-state index in [4.69, 9.17) is 0 Å². The van der Waals surface area contributed by atoms with Gasteiger partial charge in [0.15, 0.2) is 0 Å². The maximum atomic E-state index is 12.5. The van der Waals surface area contributed by atoms with Gasteiger partial charge in [-0.25, -0.2) is 0 Å². The molecule has 0 radical (unpaired) electrons. The highest BCUT2D eigenvalue weighted by atomic mass is 32.1. The second-order valence-corrected chi connectivity index (χ2v) is 7.18. The van der Waals surface area contributed by atoms with E-state index >= 15 is 0 Å². The Bertz CT molecular complexity index is 722. The van der Waals surface area contributed by atoms with Crippen LogP contribution in [0.2, 0.25) is 0 Å². The van der Waals surface area contributed by atoms with Crippen molar-refractivity contribution in [3.8, 4) is 0 Å². The van der Waals surface area contributed by atoms with Crippen LogP contribution in [0, 0.1) is 6.92 Å². The van der Waals surface area contributed by atoms with Gasteiger partial charge >= 0.3 is 0 Å². The predicted molar refractivity (Wildman–Crippen MR) is 100 cm³/mol. The number of carbonyl (C=O) groups is 2. The number of thiophene rings is 1. The molecule has 0 unspecified atom stereocenters. The van der Waals surface area contributed by atoms with E-state index in [9.17, 15) is 9.59 Å². The van der Waals surface area contributed by atoms with E-state index in [0.29, 0.717) is 6.54 Å². The van der Waals surface area contributed by atoms with Crippen LogP contribution in [0.25, 0.3) is 0 Å².